The van der Waals surface area contributed by atoms with Crippen molar-refractivity contribution in [2.75, 3.05) is 7.05 Å². The van der Waals surface area contributed by atoms with Crippen LogP contribution < -0.4 is 10.9 Å². The summed E-state index contributed by atoms with van der Waals surface area (Å²) in [7, 11) is 1.57. The van der Waals surface area contributed by atoms with E-state index in [2.05, 4.69) is 26.3 Å². The van der Waals surface area contributed by atoms with E-state index < -0.39 is 0 Å². The van der Waals surface area contributed by atoms with Gasteiger partial charge in [-0.25, -0.2) is 14.2 Å². The maximum Gasteiger partial charge on any atom is 0.263 e. The van der Waals surface area contributed by atoms with Crippen molar-refractivity contribution in [1.29, 1.82) is 0 Å². The van der Waals surface area contributed by atoms with Crippen LogP contribution in [0.3, 0.4) is 0 Å². The van der Waals surface area contributed by atoms with Gasteiger partial charge in [0.25, 0.3) is 17.4 Å². The fraction of sp³-hybridized carbons (Fsp3) is 0.276. The Balaban J connectivity index is 1.62. The molecule has 4 aromatic rings. The number of carbonyl (C=O) groups excluding carboxylic acids is 2. The zero-order chi connectivity index (χ0) is 27.8. The molecule has 1 atom stereocenters. The molecule has 3 heterocycles. The molecule has 0 radical (unpaired) electrons. The van der Waals surface area contributed by atoms with Crippen molar-refractivity contribution in [3.05, 3.63) is 103 Å². The van der Waals surface area contributed by atoms with Crippen LogP contribution >= 0.6 is 15.9 Å². The third kappa shape index (κ3) is 4.92. The van der Waals surface area contributed by atoms with Crippen LogP contribution in [0.2, 0.25) is 0 Å². The second kappa shape index (κ2) is 10.6. The Labute approximate surface area is 234 Å². The van der Waals surface area contributed by atoms with Gasteiger partial charge < -0.3 is 10.2 Å². The maximum atomic E-state index is 14.0. The van der Waals surface area contributed by atoms with Crippen molar-refractivity contribution in [3.8, 4) is 11.6 Å². The predicted octanol–water partition coefficient (Wildman–Crippen LogP) is 4.00. The van der Waals surface area contributed by atoms with Crippen molar-refractivity contribution >= 4 is 27.7 Å². The molecule has 0 saturated heterocycles. The van der Waals surface area contributed by atoms with Gasteiger partial charge in [0, 0.05) is 40.4 Å². The van der Waals surface area contributed by atoms with E-state index in [1.165, 1.54) is 4.57 Å². The van der Waals surface area contributed by atoms with Gasteiger partial charge in [-0.05, 0) is 80.8 Å². The summed E-state index contributed by atoms with van der Waals surface area (Å²) in [6.45, 7) is 6.11. The van der Waals surface area contributed by atoms with Crippen LogP contribution in [0.15, 0.2) is 64.0 Å². The van der Waals surface area contributed by atoms with E-state index in [0.29, 0.717) is 40.4 Å². The molecule has 10 heteroatoms. The van der Waals surface area contributed by atoms with Crippen LogP contribution in [0.1, 0.15) is 57.1 Å². The minimum absolute atomic E-state index is 0.103. The van der Waals surface area contributed by atoms with Gasteiger partial charge in [-0.15, -0.1) is 0 Å². The molecule has 1 aliphatic heterocycles. The number of aryl methyl sites for hydroxylation is 2. The van der Waals surface area contributed by atoms with Crippen molar-refractivity contribution in [3.63, 3.8) is 0 Å². The molecule has 1 N–H and O–H groups in total. The van der Waals surface area contributed by atoms with E-state index in [9.17, 15) is 14.4 Å². The number of halogens is 1. The number of aromatic nitrogens is 4. The Morgan fingerprint density at radius 1 is 1.10 bits per heavy atom. The molecule has 39 heavy (non-hydrogen) atoms. The lowest BCUT2D eigenvalue weighted by atomic mass is 9.98. The molecule has 9 nitrogen and oxygen atoms in total. The van der Waals surface area contributed by atoms with Gasteiger partial charge in [0.2, 0.25) is 5.95 Å². The zero-order valence-electron chi connectivity index (χ0n) is 22.2. The molecular formula is C29H29BrN6O3. The summed E-state index contributed by atoms with van der Waals surface area (Å²) in [5.74, 6) is 0.0120. The largest absolute Gasteiger partial charge is 0.355 e. The minimum atomic E-state index is -0.213. The number of hydrogen-bond donors (Lipinski definition) is 1. The van der Waals surface area contributed by atoms with E-state index in [0.717, 1.165) is 22.2 Å². The van der Waals surface area contributed by atoms with Gasteiger partial charge in [0.15, 0.2) is 0 Å². The van der Waals surface area contributed by atoms with Gasteiger partial charge in [-0.3, -0.25) is 14.4 Å². The summed E-state index contributed by atoms with van der Waals surface area (Å²) < 4.78 is 4.06. The number of hydrogen-bond acceptors (Lipinski definition) is 5. The molecule has 0 unspecified atom stereocenters. The fourth-order valence-corrected chi connectivity index (χ4v) is 5.06. The van der Waals surface area contributed by atoms with Gasteiger partial charge in [0.1, 0.15) is 0 Å². The number of fused-ring (bicyclic) bond motifs is 1. The Bertz CT molecular complexity index is 1640. The topological polar surface area (TPSA) is 102 Å². The molecule has 2 aromatic carbocycles. The molecule has 0 bridgehead atoms. The first kappa shape index (κ1) is 26.6. The first-order valence-corrected chi connectivity index (χ1v) is 13.6. The van der Waals surface area contributed by atoms with Gasteiger partial charge in [-0.1, -0.05) is 22.9 Å². The van der Waals surface area contributed by atoms with Crippen LogP contribution in [0.4, 0.5) is 0 Å². The van der Waals surface area contributed by atoms with E-state index in [1.54, 1.807) is 53.2 Å². The molecule has 0 spiro atoms. The lowest BCUT2D eigenvalue weighted by molar-refractivity contribution is 0.0652. The highest BCUT2D eigenvalue weighted by Gasteiger charge is 2.32. The molecule has 0 fully saturated rings. The molecule has 200 valence electrons. The van der Waals surface area contributed by atoms with Crippen LogP contribution in [0.25, 0.3) is 11.6 Å². The van der Waals surface area contributed by atoms with Crippen LogP contribution in [0, 0.1) is 6.92 Å². The highest BCUT2D eigenvalue weighted by Crippen LogP contribution is 2.26. The number of nitrogens with one attached hydrogen (secondary N) is 1. The highest BCUT2D eigenvalue weighted by molar-refractivity contribution is 9.10. The lowest BCUT2D eigenvalue weighted by Gasteiger charge is -2.34. The smallest absolute Gasteiger partial charge is 0.263 e. The molecule has 2 amide bonds. The normalized spacial score (nSPS) is 14.7. The van der Waals surface area contributed by atoms with Crippen molar-refractivity contribution < 1.29 is 9.59 Å². The quantitative estimate of drug-likeness (QED) is 0.379. The first-order valence-electron chi connectivity index (χ1n) is 12.8. The molecular weight excluding hydrogens is 560 g/mol. The van der Waals surface area contributed by atoms with Crippen molar-refractivity contribution in [2.24, 2.45) is 0 Å². The number of rotatable bonds is 5. The molecule has 2 aromatic heterocycles. The average molecular weight is 589 g/mol. The summed E-state index contributed by atoms with van der Waals surface area (Å²) in [6, 6.07) is 14.0. The third-order valence-electron chi connectivity index (χ3n) is 7.09. The summed E-state index contributed by atoms with van der Waals surface area (Å²) in [6.07, 6.45) is 2.88. The summed E-state index contributed by atoms with van der Waals surface area (Å²) >= 11 is 3.49. The monoisotopic (exact) mass is 588 g/mol. The average Bonchev–Trinajstić information content (AvgIpc) is 3.43. The van der Waals surface area contributed by atoms with Gasteiger partial charge in [0.05, 0.1) is 23.6 Å². The molecule has 0 aliphatic carbocycles. The van der Waals surface area contributed by atoms with Crippen molar-refractivity contribution in [1.82, 2.24) is 29.5 Å². The number of carbonyl (C=O) groups is 2. The Morgan fingerprint density at radius 3 is 2.46 bits per heavy atom. The van der Waals surface area contributed by atoms with Crippen LogP contribution in [-0.4, -0.2) is 49.1 Å². The Morgan fingerprint density at radius 2 is 1.82 bits per heavy atom. The zero-order valence-corrected chi connectivity index (χ0v) is 23.8. The number of nitrogens with zero attached hydrogens (tertiary/aromatic N) is 5. The second-order valence-corrected chi connectivity index (χ2v) is 10.5. The highest BCUT2D eigenvalue weighted by atomic mass is 79.9. The summed E-state index contributed by atoms with van der Waals surface area (Å²) in [5, 5.41) is 7.22. The van der Waals surface area contributed by atoms with Crippen LogP contribution in [0.5, 0.6) is 0 Å². The predicted molar refractivity (Wildman–Crippen MR) is 152 cm³/mol. The maximum absolute atomic E-state index is 14.0. The second-order valence-electron chi connectivity index (χ2n) is 9.66. The standard InChI is InChI=1S/C29H29BrN6O3/c1-5-21-12-13-35(33-21)29-32-25-16-34(27(38)20-8-11-24(30)17(2)14-20)18(3)15-23(25)28(39)36(29)22-9-6-19(7-10-22)26(37)31-4/h6-14,18H,5,15-16H2,1-4H3,(H,31,37)/t18-/m1/s1. The molecule has 5 rings (SSSR count). The number of amides is 2. The van der Waals surface area contributed by atoms with E-state index in [1.807, 2.05) is 39.0 Å². The summed E-state index contributed by atoms with van der Waals surface area (Å²) in [5.41, 5.74) is 4.40. The van der Waals surface area contributed by atoms with E-state index >= 15 is 0 Å². The lowest BCUT2D eigenvalue weighted by Crippen LogP contribution is -2.46. The SMILES string of the molecule is CCc1ccn(-c2nc3c(c(=O)n2-c2ccc(C(=O)NC)cc2)C[C@@H](C)N(C(=O)c2ccc(Br)c(C)c2)C3)n1. The Hall–Kier alpha value is -4.05. The third-order valence-corrected chi connectivity index (χ3v) is 7.98. The Kier molecular flexibility index (Phi) is 7.22. The van der Waals surface area contributed by atoms with Crippen LogP contribution in [-0.2, 0) is 19.4 Å². The molecule has 1 aliphatic rings. The van der Waals surface area contributed by atoms with Crippen molar-refractivity contribution in [2.45, 2.75) is 46.2 Å². The van der Waals surface area contributed by atoms with Gasteiger partial charge in [-0.2, -0.15) is 5.10 Å². The summed E-state index contributed by atoms with van der Waals surface area (Å²) in [4.78, 5) is 46.3. The first-order chi connectivity index (χ1) is 18.7. The number of benzene rings is 2. The van der Waals surface area contributed by atoms with Gasteiger partial charge >= 0.3 is 0 Å². The van der Waals surface area contributed by atoms with E-state index in [4.69, 9.17) is 4.98 Å². The fourth-order valence-electron chi connectivity index (χ4n) is 4.82. The molecule has 0 saturated carbocycles. The van der Waals surface area contributed by atoms with E-state index in [-0.39, 0.29) is 30.0 Å². The minimum Gasteiger partial charge on any atom is -0.355 e.